The van der Waals surface area contributed by atoms with Crippen LogP contribution in [0.5, 0.6) is 0 Å². The van der Waals surface area contributed by atoms with Crippen LogP contribution in [0.3, 0.4) is 0 Å². The van der Waals surface area contributed by atoms with Crippen molar-refractivity contribution in [2.45, 2.75) is 13.0 Å². The van der Waals surface area contributed by atoms with Gasteiger partial charge in [0, 0.05) is 42.4 Å². The topological polar surface area (TPSA) is 32.5 Å². The molecule has 2 N–H and O–H groups in total. The molecule has 0 amide bonds. The van der Waals surface area contributed by atoms with E-state index in [1.54, 1.807) is 0 Å². The first-order valence-corrected chi connectivity index (χ1v) is 7.28. The van der Waals surface area contributed by atoms with Crippen molar-refractivity contribution >= 4 is 21.6 Å². The minimum Gasteiger partial charge on any atom is -0.374 e. The average molecular weight is 312 g/mol. The molecule has 1 heterocycles. The number of nitrogens with two attached hydrogens (primary N) is 1. The first-order chi connectivity index (χ1) is 8.61. The van der Waals surface area contributed by atoms with E-state index in [9.17, 15) is 0 Å². The molecule has 0 radical (unpaired) electrons. The monoisotopic (exact) mass is 311 g/mol. The van der Waals surface area contributed by atoms with Gasteiger partial charge in [0.1, 0.15) is 0 Å². The Balaban J connectivity index is 2.08. The fraction of sp³-hybridized carbons (Fsp3) is 0.571. The number of anilines is 1. The number of nitrogens with zero attached hydrogens (tertiary/aromatic N) is 2. The van der Waals surface area contributed by atoms with Gasteiger partial charge in [-0.2, -0.15) is 0 Å². The van der Waals surface area contributed by atoms with E-state index in [0.29, 0.717) is 6.54 Å². The molecule has 1 aliphatic heterocycles. The van der Waals surface area contributed by atoms with Crippen molar-refractivity contribution in [2.24, 2.45) is 11.7 Å². The Labute approximate surface area is 118 Å². The average Bonchev–Trinajstić information content (AvgIpc) is 2.74. The van der Waals surface area contributed by atoms with Gasteiger partial charge in [0.2, 0.25) is 0 Å². The maximum Gasteiger partial charge on any atom is 0.0420 e. The summed E-state index contributed by atoms with van der Waals surface area (Å²) in [5, 5.41) is 0. The molecule has 3 nitrogen and oxygen atoms in total. The molecule has 1 atom stereocenters. The lowest BCUT2D eigenvalue weighted by Gasteiger charge is -2.25. The van der Waals surface area contributed by atoms with Crippen LogP contribution in [-0.4, -0.2) is 38.6 Å². The molecule has 0 aromatic heterocycles. The number of likely N-dealkylation sites (tertiary alicyclic amines) is 1. The van der Waals surface area contributed by atoms with Crippen molar-refractivity contribution in [1.82, 2.24) is 4.90 Å². The lowest BCUT2D eigenvalue weighted by atomic mass is 10.1. The molecule has 1 saturated heterocycles. The highest BCUT2D eigenvalue weighted by Crippen LogP contribution is 2.28. The highest BCUT2D eigenvalue weighted by molar-refractivity contribution is 9.10. The van der Waals surface area contributed by atoms with Crippen LogP contribution < -0.4 is 10.6 Å². The zero-order valence-electron chi connectivity index (χ0n) is 11.2. The van der Waals surface area contributed by atoms with Crippen molar-refractivity contribution < 1.29 is 0 Å². The highest BCUT2D eigenvalue weighted by atomic mass is 79.9. The number of hydrogen-bond acceptors (Lipinski definition) is 3. The van der Waals surface area contributed by atoms with E-state index < -0.39 is 0 Å². The fourth-order valence-electron chi connectivity index (χ4n) is 2.77. The Kier molecular flexibility index (Phi) is 4.65. The third kappa shape index (κ3) is 3.05. The largest absolute Gasteiger partial charge is 0.374 e. The van der Waals surface area contributed by atoms with Crippen molar-refractivity contribution in [3.63, 3.8) is 0 Å². The number of hydrogen-bond donors (Lipinski definition) is 1. The van der Waals surface area contributed by atoms with Crippen LogP contribution in [0, 0.1) is 5.92 Å². The smallest absolute Gasteiger partial charge is 0.0420 e. The van der Waals surface area contributed by atoms with Crippen molar-refractivity contribution in [1.29, 1.82) is 0 Å². The van der Waals surface area contributed by atoms with Gasteiger partial charge in [0.15, 0.2) is 0 Å². The zero-order valence-corrected chi connectivity index (χ0v) is 12.8. The maximum absolute atomic E-state index is 5.85. The van der Waals surface area contributed by atoms with Crippen LogP contribution in [0.1, 0.15) is 12.0 Å². The summed E-state index contributed by atoms with van der Waals surface area (Å²) in [5.41, 5.74) is 8.31. The van der Waals surface area contributed by atoms with Crippen LogP contribution >= 0.6 is 15.9 Å². The number of rotatable bonds is 4. The van der Waals surface area contributed by atoms with E-state index in [1.807, 2.05) is 0 Å². The second-order valence-corrected chi connectivity index (χ2v) is 6.09. The molecule has 0 bridgehead atoms. The molecule has 0 spiro atoms. The summed E-state index contributed by atoms with van der Waals surface area (Å²) in [7, 11) is 4.36. The second-order valence-electron chi connectivity index (χ2n) is 5.24. The third-order valence-electron chi connectivity index (χ3n) is 3.73. The van der Waals surface area contributed by atoms with E-state index in [1.165, 1.54) is 30.8 Å². The van der Waals surface area contributed by atoms with Crippen molar-refractivity contribution in [3.8, 4) is 0 Å². The first kappa shape index (κ1) is 13.8. The molecule has 100 valence electrons. The molecular weight excluding hydrogens is 290 g/mol. The summed E-state index contributed by atoms with van der Waals surface area (Å²) in [4.78, 5) is 4.75. The van der Waals surface area contributed by atoms with Crippen LogP contribution in [0.15, 0.2) is 22.7 Å². The lowest BCUT2D eigenvalue weighted by molar-refractivity contribution is 0.396. The summed E-state index contributed by atoms with van der Waals surface area (Å²) in [5.74, 6) is 0.768. The molecule has 1 unspecified atom stereocenters. The van der Waals surface area contributed by atoms with E-state index in [4.69, 9.17) is 5.73 Å². The Morgan fingerprint density at radius 1 is 1.50 bits per heavy atom. The summed E-state index contributed by atoms with van der Waals surface area (Å²) in [6, 6.07) is 6.30. The molecular formula is C14H22BrN3. The number of benzene rings is 1. The zero-order chi connectivity index (χ0) is 13.1. The molecule has 0 saturated carbocycles. The SMILES string of the molecule is CN1CCC(CN(C)c2cccc(Br)c2CN)C1. The summed E-state index contributed by atoms with van der Waals surface area (Å²) in [6.07, 6.45) is 1.30. The van der Waals surface area contributed by atoms with Gasteiger partial charge < -0.3 is 15.5 Å². The predicted molar refractivity (Wildman–Crippen MR) is 80.9 cm³/mol. The van der Waals surface area contributed by atoms with E-state index in [0.717, 1.165) is 16.9 Å². The first-order valence-electron chi connectivity index (χ1n) is 6.49. The lowest BCUT2D eigenvalue weighted by Crippen LogP contribution is -2.28. The minimum atomic E-state index is 0.575. The molecule has 1 fully saturated rings. The Bertz CT molecular complexity index is 408. The van der Waals surface area contributed by atoms with Gasteiger partial charge in [-0.3, -0.25) is 0 Å². The summed E-state index contributed by atoms with van der Waals surface area (Å²) in [6.45, 7) is 4.11. The van der Waals surface area contributed by atoms with Gasteiger partial charge in [0.25, 0.3) is 0 Å². The second kappa shape index (κ2) is 6.04. The Morgan fingerprint density at radius 3 is 2.89 bits per heavy atom. The quantitative estimate of drug-likeness (QED) is 0.926. The van der Waals surface area contributed by atoms with E-state index >= 15 is 0 Å². The maximum atomic E-state index is 5.85. The number of halogens is 1. The van der Waals surface area contributed by atoms with Gasteiger partial charge in [-0.25, -0.2) is 0 Å². The van der Waals surface area contributed by atoms with Gasteiger partial charge >= 0.3 is 0 Å². The summed E-state index contributed by atoms with van der Waals surface area (Å²) >= 11 is 3.58. The highest BCUT2D eigenvalue weighted by Gasteiger charge is 2.21. The summed E-state index contributed by atoms with van der Waals surface area (Å²) < 4.78 is 1.11. The molecule has 1 aromatic carbocycles. The van der Waals surface area contributed by atoms with Crippen LogP contribution in [0.2, 0.25) is 0 Å². The minimum absolute atomic E-state index is 0.575. The predicted octanol–water partition coefficient (Wildman–Crippen LogP) is 2.30. The van der Waals surface area contributed by atoms with Gasteiger partial charge in [-0.15, -0.1) is 0 Å². The molecule has 0 aliphatic carbocycles. The molecule has 18 heavy (non-hydrogen) atoms. The van der Waals surface area contributed by atoms with E-state index in [2.05, 4.69) is 58.0 Å². The molecule has 4 heteroatoms. The fourth-order valence-corrected chi connectivity index (χ4v) is 3.29. The third-order valence-corrected chi connectivity index (χ3v) is 4.47. The molecule has 2 rings (SSSR count). The van der Waals surface area contributed by atoms with Gasteiger partial charge in [0.05, 0.1) is 0 Å². The molecule has 1 aromatic rings. The van der Waals surface area contributed by atoms with Crippen molar-refractivity contribution in [3.05, 3.63) is 28.2 Å². The van der Waals surface area contributed by atoms with E-state index in [-0.39, 0.29) is 0 Å². The van der Waals surface area contributed by atoms with Gasteiger partial charge in [-0.05, 0) is 38.1 Å². The normalized spacial score (nSPS) is 20.3. The standard InChI is InChI=1S/C14H22BrN3/c1-17-7-6-11(9-17)10-18(2)14-5-3-4-13(15)12(14)8-16/h3-5,11H,6-10,16H2,1-2H3. The molecule has 1 aliphatic rings. The Hall–Kier alpha value is -0.580. The van der Waals surface area contributed by atoms with Crippen LogP contribution in [0.4, 0.5) is 5.69 Å². The van der Waals surface area contributed by atoms with Gasteiger partial charge in [-0.1, -0.05) is 22.0 Å². The van der Waals surface area contributed by atoms with Crippen molar-refractivity contribution in [2.75, 3.05) is 38.6 Å². The van der Waals surface area contributed by atoms with Crippen LogP contribution in [0.25, 0.3) is 0 Å². The Morgan fingerprint density at radius 2 is 2.28 bits per heavy atom. The van der Waals surface area contributed by atoms with Crippen LogP contribution in [-0.2, 0) is 6.54 Å².